The number of aromatic nitrogens is 6. The Morgan fingerprint density at radius 1 is 1.25 bits per heavy atom. The molecule has 190 valence electrons. The number of halogens is 3. The van der Waals surface area contributed by atoms with E-state index in [2.05, 4.69) is 20.1 Å². The Balaban J connectivity index is 1.46. The number of aromatic amines is 1. The second kappa shape index (κ2) is 9.41. The smallest absolute Gasteiger partial charge is 0.391 e. The van der Waals surface area contributed by atoms with Crippen LogP contribution in [0.3, 0.4) is 0 Å². The van der Waals surface area contributed by atoms with Gasteiger partial charge in [-0.15, -0.1) is 0 Å². The topological polar surface area (TPSA) is 105 Å². The van der Waals surface area contributed by atoms with Crippen molar-refractivity contribution < 1.29 is 18.3 Å². The molecule has 1 fully saturated rings. The van der Waals surface area contributed by atoms with Gasteiger partial charge in [-0.3, -0.25) is 14.0 Å². The van der Waals surface area contributed by atoms with Crippen LogP contribution < -0.4 is 10.5 Å². The van der Waals surface area contributed by atoms with Crippen molar-refractivity contribution in [2.45, 2.75) is 51.6 Å². The SMILES string of the molecule is CCCn1c(N2CCCC(O)C2)nc2nc(-c3cnn(Cc4cccc(C(F)(F)F)c4)c3)[nH]c2c1=O. The molecule has 1 saturated heterocycles. The van der Waals surface area contributed by atoms with Gasteiger partial charge < -0.3 is 15.0 Å². The molecule has 1 aromatic carbocycles. The Kier molecular flexibility index (Phi) is 6.29. The van der Waals surface area contributed by atoms with Crippen LogP contribution in [-0.2, 0) is 19.3 Å². The summed E-state index contributed by atoms with van der Waals surface area (Å²) in [6, 6.07) is 5.11. The summed E-state index contributed by atoms with van der Waals surface area (Å²) in [5.41, 5.74) is 0.620. The van der Waals surface area contributed by atoms with E-state index in [1.165, 1.54) is 16.9 Å². The van der Waals surface area contributed by atoms with E-state index < -0.39 is 17.8 Å². The van der Waals surface area contributed by atoms with Gasteiger partial charge in [-0.05, 0) is 37.0 Å². The van der Waals surface area contributed by atoms with Gasteiger partial charge in [0.2, 0.25) is 5.95 Å². The zero-order valence-electron chi connectivity index (χ0n) is 19.7. The highest BCUT2D eigenvalue weighted by atomic mass is 19.4. The number of hydrogen-bond donors (Lipinski definition) is 2. The Morgan fingerprint density at radius 3 is 2.83 bits per heavy atom. The normalized spacial score (nSPS) is 16.7. The summed E-state index contributed by atoms with van der Waals surface area (Å²) in [5.74, 6) is 0.884. The van der Waals surface area contributed by atoms with E-state index in [0.717, 1.165) is 25.0 Å². The summed E-state index contributed by atoms with van der Waals surface area (Å²) in [5, 5.41) is 14.4. The summed E-state index contributed by atoms with van der Waals surface area (Å²) in [4.78, 5) is 27.5. The molecule has 1 aliphatic rings. The predicted octanol–water partition coefficient (Wildman–Crippen LogP) is 3.42. The molecule has 2 N–H and O–H groups in total. The zero-order valence-corrected chi connectivity index (χ0v) is 19.7. The summed E-state index contributed by atoms with van der Waals surface area (Å²) in [6.45, 7) is 3.70. The van der Waals surface area contributed by atoms with Crippen molar-refractivity contribution in [2.24, 2.45) is 0 Å². The lowest BCUT2D eigenvalue weighted by molar-refractivity contribution is -0.137. The van der Waals surface area contributed by atoms with Crippen LogP contribution in [0.1, 0.15) is 37.3 Å². The van der Waals surface area contributed by atoms with Gasteiger partial charge in [0.1, 0.15) is 5.82 Å². The number of anilines is 1. The number of imidazole rings is 1. The minimum atomic E-state index is -4.41. The summed E-state index contributed by atoms with van der Waals surface area (Å²) >= 11 is 0. The number of aliphatic hydroxyl groups excluding tert-OH is 1. The van der Waals surface area contributed by atoms with Gasteiger partial charge in [-0.25, -0.2) is 4.98 Å². The Morgan fingerprint density at radius 2 is 2.08 bits per heavy atom. The molecule has 0 bridgehead atoms. The second-order valence-electron chi connectivity index (χ2n) is 9.02. The van der Waals surface area contributed by atoms with Crippen LogP contribution in [-0.4, -0.2) is 53.6 Å². The van der Waals surface area contributed by atoms with Gasteiger partial charge in [0.15, 0.2) is 11.2 Å². The predicted molar refractivity (Wildman–Crippen MR) is 128 cm³/mol. The van der Waals surface area contributed by atoms with Crippen LogP contribution in [0.2, 0.25) is 0 Å². The molecular weight excluding hydrogens is 475 g/mol. The first-order valence-corrected chi connectivity index (χ1v) is 11.9. The number of benzene rings is 1. The minimum absolute atomic E-state index is 0.146. The molecule has 3 aromatic heterocycles. The molecule has 0 radical (unpaired) electrons. The van der Waals surface area contributed by atoms with Crippen molar-refractivity contribution in [3.63, 3.8) is 0 Å². The standard InChI is InChI=1S/C24H26F3N7O2/c1-2-8-34-22(36)19-21(31-23(34)32-9-4-7-18(35)14-32)30-20(29-19)16-11-28-33(13-16)12-15-5-3-6-17(10-15)24(25,26)27/h3,5-6,10-11,13,18,35H,2,4,7-9,12,14H2,1H3,(H,29,30). The highest BCUT2D eigenvalue weighted by molar-refractivity contribution is 5.76. The summed E-state index contributed by atoms with van der Waals surface area (Å²) in [7, 11) is 0. The molecule has 0 saturated carbocycles. The number of H-pyrrole nitrogens is 1. The molecule has 1 aliphatic heterocycles. The van der Waals surface area contributed by atoms with E-state index in [4.69, 9.17) is 0 Å². The van der Waals surface area contributed by atoms with Crippen LogP contribution in [0.15, 0.2) is 41.5 Å². The van der Waals surface area contributed by atoms with E-state index in [1.54, 1.807) is 16.8 Å². The van der Waals surface area contributed by atoms with Crippen LogP contribution in [0.4, 0.5) is 19.1 Å². The maximum atomic E-state index is 13.3. The van der Waals surface area contributed by atoms with Crippen molar-refractivity contribution in [1.82, 2.24) is 29.3 Å². The molecule has 1 unspecified atom stereocenters. The fourth-order valence-corrected chi connectivity index (χ4v) is 4.52. The molecule has 5 rings (SSSR count). The quantitative estimate of drug-likeness (QED) is 0.420. The van der Waals surface area contributed by atoms with E-state index >= 15 is 0 Å². The molecule has 0 spiro atoms. The lowest BCUT2D eigenvalue weighted by atomic mass is 10.1. The number of alkyl halides is 3. The van der Waals surface area contributed by atoms with E-state index in [9.17, 15) is 23.1 Å². The van der Waals surface area contributed by atoms with E-state index in [0.29, 0.717) is 49.0 Å². The molecular formula is C24H26F3N7O2. The van der Waals surface area contributed by atoms with Crippen molar-refractivity contribution in [1.29, 1.82) is 0 Å². The molecule has 0 amide bonds. The highest BCUT2D eigenvalue weighted by Crippen LogP contribution is 2.30. The molecule has 36 heavy (non-hydrogen) atoms. The van der Waals surface area contributed by atoms with Gasteiger partial charge in [0.25, 0.3) is 5.56 Å². The third kappa shape index (κ3) is 4.72. The van der Waals surface area contributed by atoms with Gasteiger partial charge >= 0.3 is 6.18 Å². The van der Waals surface area contributed by atoms with Crippen molar-refractivity contribution >= 4 is 17.1 Å². The molecule has 4 aromatic rings. The van der Waals surface area contributed by atoms with E-state index in [1.807, 2.05) is 11.8 Å². The fourth-order valence-electron chi connectivity index (χ4n) is 4.52. The Bertz CT molecular complexity index is 1440. The number of β-amino-alcohol motifs (C(OH)–C–C–N with tert-alkyl or cyclic N) is 1. The van der Waals surface area contributed by atoms with Gasteiger partial charge in [-0.2, -0.15) is 23.3 Å². The van der Waals surface area contributed by atoms with Gasteiger partial charge in [0, 0.05) is 25.8 Å². The lowest BCUT2D eigenvalue weighted by Gasteiger charge is -2.32. The number of aliphatic hydroxyl groups is 1. The number of rotatable bonds is 6. The van der Waals surface area contributed by atoms with Crippen LogP contribution in [0, 0.1) is 0 Å². The first-order valence-electron chi connectivity index (χ1n) is 11.9. The van der Waals surface area contributed by atoms with E-state index in [-0.39, 0.29) is 23.3 Å². The Labute approximate surface area is 204 Å². The first kappa shape index (κ1) is 24.0. The average molecular weight is 502 g/mol. The highest BCUT2D eigenvalue weighted by Gasteiger charge is 2.30. The number of hydrogen-bond acceptors (Lipinski definition) is 6. The number of piperidine rings is 1. The molecule has 4 heterocycles. The monoisotopic (exact) mass is 501 g/mol. The van der Waals surface area contributed by atoms with Gasteiger partial charge in [-0.1, -0.05) is 19.1 Å². The maximum absolute atomic E-state index is 13.3. The van der Waals surface area contributed by atoms with Crippen molar-refractivity contribution in [2.75, 3.05) is 18.0 Å². The third-order valence-electron chi connectivity index (χ3n) is 6.22. The maximum Gasteiger partial charge on any atom is 0.416 e. The lowest BCUT2D eigenvalue weighted by Crippen LogP contribution is -2.42. The van der Waals surface area contributed by atoms with Crippen molar-refractivity contribution in [3.05, 3.63) is 58.1 Å². The number of nitrogens with one attached hydrogen (secondary N) is 1. The molecule has 0 aliphatic carbocycles. The minimum Gasteiger partial charge on any atom is -0.391 e. The van der Waals surface area contributed by atoms with Gasteiger partial charge in [0.05, 0.1) is 30.0 Å². The van der Waals surface area contributed by atoms with Crippen LogP contribution in [0.5, 0.6) is 0 Å². The number of nitrogens with zero attached hydrogens (tertiary/aromatic N) is 6. The first-order chi connectivity index (χ1) is 17.2. The molecule has 1 atom stereocenters. The molecule has 9 nitrogen and oxygen atoms in total. The fraction of sp³-hybridized carbons (Fsp3) is 0.417. The van der Waals surface area contributed by atoms with Crippen LogP contribution in [0.25, 0.3) is 22.6 Å². The zero-order chi connectivity index (χ0) is 25.4. The van der Waals surface area contributed by atoms with Crippen LogP contribution >= 0.6 is 0 Å². The molecule has 12 heteroatoms. The summed E-state index contributed by atoms with van der Waals surface area (Å²) < 4.78 is 42.2. The number of fused-ring (bicyclic) bond motifs is 1. The average Bonchev–Trinajstić information content (AvgIpc) is 3.48. The second-order valence-corrected chi connectivity index (χ2v) is 9.02. The third-order valence-corrected chi connectivity index (χ3v) is 6.22. The largest absolute Gasteiger partial charge is 0.416 e. The Hall–Kier alpha value is -3.67. The summed E-state index contributed by atoms with van der Waals surface area (Å²) in [6.07, 6.45) is 0.565. The van der Waals surface area contributed by atoms with Crippen molar-refractivity contribution in [3.8, 4) is 11.4 Å².